The number of carbonyl (C=O) groups excluding carboxylic acids is 1. The number of likely N-dealkylation sites (N-methyl/N-ethyl adjacent to an activating group) is 1. The Hall–Kier alpha value is -0.220. The summed E-state index contributed by atoms with van der Waals surface area (Å²) < 4.78 is 0. The van der Waals surface area contributed by atoms with E-state index in [9.17, 15) is 4.79 Å². The molecule has 0 aromatic carbocycles. The predicted octanol–water partition coefficient (Wildman–Crippen LogP) is 1.63. The molecule has 0 rings (SSSR count). The summed E-state index contributed by atoms with van der Waals surface area (Å²) in [5.41, 5.74) is -0.461. The van der Waals surface area contributed by atoms with Crippen LogP contribution in [0.1, 0.15) is 34.1 Å². The fourth-order valence-corrected chi connectivity index (χ4v) is 1.60. The molecule has 3 nitrogen and oxygen atoms in total. The molecule has 0 aromatic heterocycles. The van der Waals surface area contributed by atoms with Crippen molar-refractivity contribution in [2.24, 2.45) is 0 Å². The third-order valence-electron chi connectivity index (χ3n) is 2.43. The molecule has 0 spiro atoms. The number of hydrogen-bond donors (Lipinski definition) is 2. The fourth-order valence-electron chi connectivity index (χ4n) is 1.25. The van der Waals surface area contributed by atoms with Gasteiger partial charge in [0.05, 0.1) is 5.54 Å². The molecule has 1 unspecified atom stereocenters. The molecule has 0 saturated carbocycles. The van der Waals surface area contributed by atoms with Crippen LogP contribution in [-0.4, -0.2) is 36.0 Å². The molecule has 1 atom stereocenters. The van der Waals surface area contributed by atoms with E-state index in [0.717, 1.165) is 19.5 Å². The SMILES string of the molecule is CCNC(C)(C)C(=O)NCCC(C)SC. The first-order valence-electron chi connectivity index (χ1n) is 5.50. The van der Waals surface area contributed by atoms with E-state index in [1.807, 2.05) is 32.5 Å². The molecule has 0 bridgehead atoms. The lowest BCUT2D eigenvalue weighted by molar-refractivity contribution is -0.126. The molecule has 0 aliphatic rings. The Morgan fingerprint density at radius 1 is 1.47 bits per heavy atom. The van der Waals surface area contributed by atoms with E-state index in [2.05, 4.69) is 23.8 Å². The number of thioether (sulfide) groups is 1. The minimum absolute atomic E-state index is 0.0812. The summed E-state index contributed by atoms with van der Waals surface area (Å²) in [6.45, 7) is 9.56. The Kier molecular flexibility index (Phi) is 7.02. The molecule has 0 aliphatic carbocycles. The number of amides is 1. The highest BCUT2D eigenvalue weighted by molar-refractivity contribution is 7.99. The van der Waals surface area contributed by atoms with Gasteiger partial charge in [0.1, 0.15) is 0 Å². The van der Waals surface area contributed by atoms with Crippen LogP contribution in [0.3, 0.4) is 0 Å². The molecule has 0 radical (unpaired) electrons. The maximum Gasteiger partial charge on any atom is 0.239 e. The van der Waals surface area contributed by atoms with Gasteiger partial charge in [-0.3, -0.25) is 4.79 Å². The van der Waals surface area contributed by atoms with Crippen molar-refractivity contribution in [1.29, 1.82) is 0 Å². The van der Waals surface area contributed by atoms with Crippen LogP contribution >= 0.6 is 11.8 Å². The van der Waals surface area contributed by atoms with E-state index < -0.39 is 5.54 Å². The van der Waals surface area contributed by atoms with Crippen LogP contribution in [0.25, 0.3) is 0 Å². The zero-order valence-corrected chi connectivity index (χ0v) is 11.3. The average molecular weight is 232 g/mol. The van der Waals surface area contributed by atoms with Gasteiger partial charge in [-0.05, 0) is 33.1 Å². The average Bonchev–Trinajstić information content (AvgIpc) is 2.17. The van der Waals surface area contributed by atoms with Gasteiger partial charge in [0.15, 0.2) is 0 Å². The second kappa shape index (κ2) is 7.12. The molecule has 0 fully saturated rings. The number of rotatable bonds is 7. The summed E-state index contributed by atoms with van der Waals surface area (Å²) in [5, 5.41) is 6.72. The Balaban J connectivity index is 3.83. The van der Waals surface area contributed by atoms with Crippen LogP contribution < -0.4 is 10.6 Å². The molecule has 0 aliphatic heterocycles. The monoisotopic (exact) mass is 232 g/mol. The van der Waals surface area contributed by atoms with Crippen LogP contribution in [0.5, 0.6) is 0 Å². The number of hydrogen-bond acceptors (Lipinski definition) is 3. The van der Waals surface area contributed by atoms with Crippen LogP contribution in [0.15, 0.2) is 0 Å². The number of nitrogens with one attached hydrogen (secondary N) is 2. The van der Waals surface area contributed by atoms with Gasteiger partial charge in [0.25, 0.3) is 0 Å². The molecule has 0 saturated heterocycles. The van der Waals surface area contributed by atoms with E-state index in [1.165, 1.54) is 0 Å². The molecule has 90 valence electrons. The van der Waals surface area contributed by atoms with Gasteiger partial charge < -0.3 is 10.6 Å². The van der Waals surface area contributed by atoms with E-state index in [0.29, 0.717) is 5.25 Å². The Morgan fingerprint density at radius 2 is 2.07 bits per heavy atom. The van der Waals surface area contributed by atoms with Crippen molar-refractivity contribution in [2.75, 3.05) is 19.3 Å². The fraction of sp³-hybridized carbons (Fsp3) is 0.909. The predicted molar refractivity (Wildman–Crippen MR) is 68.4 cm³/mol. The second-order valence-electron chi connectivity index (χ2n) is 4.25. The minimum atomic E-state index is -0.461. The maximum absolute atomic E-state index is 11.7. The summed E-state index contributed by atoms with van der Waals surface area (Å²) in [4.78, 5) is 11.7. The summed E-state index contributed by atoms with van der Waals surface area (Å²) in [6.07, 6.45) is 3.12. The quantitative estimate of drug-likeness (QED) is 0.701. The first kappa shape index (κ1) is 14.8. The van der Waals surface area contributed by atoms with E-state index >= 15 is 0 Å². The first-order valence-corrected chi connectivity index (χ1v) is 6.79. The van der Waals surface area contributed by atoms with Crippen LogP contribution in [0.2, 0.25) is 0 Å². The largest absolute Gasteiger partial charge is 0.354 e. The lowest BCUT2D eigenvalue weighted by Crippen LogP contribution is -2.52. The van der Waals surface area contributed by atoms with Gasteiger partial charge in [0.2, 0.25) is 5.91 Å². The summed E-state index contributed by atoms with van der Waals surface area (Å²) >= 11 is 1.83. The Bertz CT molecular complexity index is 195. The smallest absolute Gasteiger partial charge is 0.239 e. The normalized spacial score (nSPS) is 13.7. The highest BCUT2D eigenvalue weighted by Crippen LogP contribution is 2.08. The summed E-state index contributed by atoms with van der Waals surface area (Å²) in [6, 6.07) is 0. The molecular formula is C11H24N2OS. The van der Waals surface area contributed by atoms with E-state index in [-0.39, 0.29) is 5.91 Å². The first-order chi connectivity index (χ1) is 6.94. The third-order valence-corrected chi connectivity index (χ3v) is 3.47. The zero-order valence-electron chi connectivity index (χ0n) is 10.5. The lowest BCUT2D eigenvalue weighted by atomic mass is 10.0. The Labute approximate surface area is 97.8 Å². The lowest BCUT2D eigenvalue weighted by Gasteiger charge is -2.24. The van der Waals surface area contributed by atoms with Gasteiger partial charge in [-0.25, -0.2) is 0 Å². The maximum atomic E-state index is 11.7. The zero-order chi connectivity index (χ0) is 11.9. The molecule has 1 amide bonds. The highest BCUT2D eigenvalue weighted by atomic mass is 32.2. The van der Waals surface area contributed by atoms with Crippen LogP contribution in [0.4, 0.5) is 0 Å². The molecule has 0 aromatic rings. The van der Waals surface area contributed by atoms with Crippen LogP contribution in [-0.2, 0) is 4.79 Å². The van der Waals surface area contributed by atoms with Gasteiger partial charge in [-0.15, -0.1) is 0 Å². The summed E-state index contributed by atoms with van der Waals surface area (Å²) in [7, 11) is 0. The van der Waals surface area contributed by atoms with Gasteiger partial charge in [-0.2, -0.15) is 11.8 Å². The van der Waals surface area contributed by atoms with Crippen molar-refractivity contribution < 1.29 is 4.79 Å². The van der Waals surface area contributed by atoms with Crippen molar-refractivity contribution in [3.05, 3.63) is 0 Å². The molecule has 15 heavy (non-hydrogen) atoms. The third kappa shape index (κ3) is 6.05. The van der Waals surface area contributed by atoms with Gasteiger partial charge >= 0.3 is 0 Å². The topological polar surface area (TPSA) is 41.1 Å². The standard InChI is InChI=1S/C11H24N2OS/c1-6-13-11(3,4)10(14)12-8-7-9(2)15-5/h9,13H,6-8H2,1-5H3,(H,12,14). The van der Waals surface area contributed by atoms with Gasteiger partial charge in [0, 0.05) is 11.8 Å². The Morgan fingerprint density at radius 3 is 2.53 bits per heavy atom. The second-order valence-corrected chi connectivity index (χ2v) is 5.52. The van der Waals surface area contributed by atoms with E-state index in [4.69, 9.17) is 0 Å². The van der Waals surface area contributed by atoms with Crippen molar-refractivity contribution in [3.8, 4) is 0 Å². The van der Waals surface area contributed by atoms with Crippen molar-refractivity contribution in [1.82, 2.24) is 10.6 Å². The van der Waals surface area contributed by atoms with Crippen LogP contribution in [0, 0.1) is 0 Å². The van der Waals surface area contributed by atoms with Crippen molar-refractivity contribution in [2.45, 2.75) is 44.9 Å². The molecule has 2 N–H and O–H groups in total. The molecular weight excluding hydrogens is 208 g/mol. The minimum Gasteiger partial charge on any atom is -0.354 e. The molecule has 0 heterocycles. The van der Waals surface area contributed by atoms with Gasteiger partial charge in [-0.1, -0.05) is 13.8 Å². The van der Waals surface area contributed by atoms with Crippen molar-refractivity contribution >= 4 is 17.7 Å². The van der Waals surface area contributed by atoms with E-state index in [1.54, 1.807) is 0 Å². The number of carbonyl (C=O) groups is 1. The molecule has 4 heteroatoms. The van der Waals surface area contributed by atoms with Crippen molar-refractivity contribution in [3.63, 3.8) is 0 Å². The highest BCUT2D eigenvalue weighted by Gasteiger charge is 2.25. The summed E-state index contributed by atoms with van der Waals surface area (Å²) in [5.74, 6) is 0.0812.